The van der Waals surface area contributed by atoms with Crippen LogP contribution in [0.2, 0.25) is 0 Å². The van der Waals surface area contributed by atoms with E-state index in [4.69, 9.17) is 9.47 Å². The average molecular weight is 565 g/mol. The topological polar surface area (TPSA) is 59.1 Å². The van der Waals surface area contributed by atoms with Crippen molar-refractivity contribution in [3.05, 3.63) is 76.4 Å². The number of fused-ring (bicyclic) bond motifs is 6. The molecule has 6 aliphatic heterocycles. The predicted molar refractivity (Wildman–Crippen MR) is 159 cm³/mol. The highest BCUT2D eigenvalue weighted by atomic mass is 16.6. The zero-order valence-electron chi connectivity index (χ0n) is 24.5. The number of unbranched alkanes of at least 4 members (excludes halogenated alkanes) is 1. The van der Waals surface area contributed by atoms with Crippen LogP contribution >= 0.6 is 0 Å². The quantitative estimate of drug-likeness (QED) is 0.434. The van der Waals surface area contributed by atoms with E-state index in [1.54, 1.807) is 12.2 Å². The number of hydrogen-bond acceptors (Lipinski definition) is 6. The Morgan fingerprint density at radius 3 is 2.33 bits per heavy atom. The second-order valence-electron chi connectivity index (χ2n) is 14.0. The minimum absolute atomic E-state index is 0.152. The van der Waals surface area contributed by atoms with Crippen LogP contribution in [0.25, 0.3) is 5.57 Å². The van der Waals surface area contributed by atoms with Crippen molar-refractivity contribution in [2.24, 2.45) is 0 Å². The molecule has 7 atom stereocenters. The molecular formula is C36H40N2O4. The van der Waals surface area contributed by atoms with Gasteiger partial charge in [0.25, 0.3) is 0 Å². The smallest absolute Gasteiger partial charge is 0.332 e. The molecule has 8 aliphatic rings. The van der Waals surface area contributed by atoms with Gasteiger partial charge in [-0.2, -0.15) is 0 Å². The van der Waals surface area contributed by atoms with Crippen LogP contribution in [0.15, 0.2) is 65.3 Å². The molecule has 6 heteroatoms. The Morgan fingerprint density at radius 1 is 0.833 bits per heavy atom. The van der Waals surface area contributed by atoms with Crippen LogP contribution in [-0.2, 0) is 19.1 Å². The lowest BCUT2D eigenvalue weighted by atomic mass is 9.74. The number of hydrogen-bond donors (Lipinski definition) is 0. The first-order chi connectivity index (χ1) is 20.5. The maximum atomic E-state index is 12.6. The van der Waals surface area contributed by atoms with Gasteiger partial charge in [-0.1, -0.05) is 56.2 Å². The Morgan fingerprint density at radius 2 is 1.55 bits per heavy atom. The van der Waals surface area contributed by atoms with E-state index in [-0.39, 0.29) is 18.0 Å². The summed E-state index contributed by atoms with van der Waals surface area (Å²) in [6.07, 6.45) is 19.3. The third-order valence-corrected chi connectivity index (χ3v) is 12.0. The highest BCUT2D eigenvalue weighted by Gasteiger charge is 2.63. The van der Waals surface area contributed by atoms with E-state index in [0.29, 0.717) is 24.0 Å². The highest BCUT2D eigenvalue weighted by Crippen LogP contribution is 2.57. The molecular weight excluding hydrogens is 524 g/mol. The fraction of sp³-hybridized carbons (Fsp3) is 0.556. The zero-order valence-corrected chi connectivity index (χ0v) is 24.5. The van der Waals surface area contributed by atoms with Crippen LogP contribution in [-0.4, -0.2) is 70.2 Å². The molecule has 0 amide bonds. The van der Waals surface area contributed by atoms with Crippen molar-refractivity contribution in [3.63, 3.8) is 0 Å². The van der Waals surface area contributed by atoms with Gasteiger partial charge in [0.15, 0.2) is 11.2 Å². The molecule has 1 aromatic rings. The molecule has 1 unspecified atom stereocenters. The number of piperidine rings is 2. The van der Waals surface area contributed by atoms with Crippen molar-refractivity contribution < 1.29 is 19.1 Å². The molecule has 4 fully saturated rings. The maximum absolute atomic E-state index is 12.6. The van der Waals surface area contributed by atoms with Crippen molar-refractivity contribution in [2.75, 3.05) is 13.1 Å². The summed E-state index contributed by atoms with van der Waals surface area (Å²) in [5, 5.41) is 0. The summed E-state index contributed by atoms with van der Waals surface area (Å²) in [4.78, 5) is 30.5. The molecule has 2 spiro atoms. The van der Waals surface area contributed by atoms with Gasteiger partial charge in [0.2, 0.25) is 0 Å². The van der Waals surface area contributed by atoms with Crippen LogP contribution in [0.5, 0.6) is 0 Å². The molecule has 0 aromatic heterocycles. The van der Waals surface area contributed by atoms with E-state index >= 15 is 0 Å². The summed E-state index contributed by atoms with van der Waals surface area (Å²) in [5.41, 5.74) is 6.51. The fourth-order valence-corrected chi connectivity index (χ4v) is 10.3. The van der Waals surface area contributed by atoms with Crippen molar-refractivity contribution >= 4 is 17.5 Å². The van der Waals surface area contributed by atoms with Gasteiger partial charge >= 0.3 is 11.9 Å². The second kappa shape index (κ2) is 9.03. The minimum atomic E-state index is -0.462. The van der Waals surface area contributed by atoms with E-state index in [2.05, 4.69) is 53.1 Å². The lowest BCUT2D eigenvalue weighted by Gasteiger charge is -2.41. The zero-order chi connectivity index (χ0) is 28.2. The molecule has 9 rings (SSSR count). The van der Waals surface area contributed by atoms with Crippen LogP contribution < -0.4 is 0 Å². The molecule has 42 heavy (non-hydrogen) atoms. The average Bonchev–Trinajstić information content (AvgIpc) is 3.70. The molecule has 1 aromatic carbocycles. The molecule has 4 bridgehead atoms. The van der Waals surface area contributed by atoms with Crippen LogP contribution in [0, 0.1) is 0 Å². The highest BCUT2D eigenvalue weighted by molar-refractivity contribution is 5.97. The summed E-state index contributed by atoms with van der Waals surface area (Å²) >= 11 is 0. The maximum Gasteiger partial charge on any atom is 0.332 e. The van der Waals surface area contributed by atoms with E-state index in [0.717, 1.165) is 70.0 Å². The molecule has 4 saturated heterocycles. The third-order valence-electron chi connectivity index (χ3n) is 12.0. The normalized spacial score (nSPS) is 39.8. The Kier molecular flexibility index (Phi) is 5.49. The lowest BCUT2D eigenvalue weighted by Crippen LogP contribution is -2.50. The molecule has 0 radical (unpaired) electrons. The van der Waals surface area contributed by atoms with Crippen molar-refractivity contribution in [3.8, 4) is 0 Å². The van der Waals surface area contributed by atoms with Crippen molar-refractivity contribution in [1.82, 2.24) is 9.80 Å². The molecule has 0 N–H and O–H groups in total. The lowest BCUT2D eigenvalue weighted by molar-refractivity contribution is -0.149. The van der Waals surface area contributed by atoms with E-state index in [1.807, 2.05) is 0 Å². The first-order valence-corrected chi connectivity index (χ1v) is 16.4. The van der Waals surface area contributed by atoms with Crippen molar-refractivity contribution in [2.45, 2.75) is 112 Å². The summed E-state index contributed by atoms with van der Waals surface area (Å²) in [5.74, 6) is 0.126. The third kappa shape index (κ3) is 3.40. The van der Waals surface area contributed by atoms with Gasteiger partial charge in [-0.15, -0.1) is 0 Å². The van der Waals surface area contributed by atoms with Gasteiger partial charge in [0.1, 0.15) is 0 Å². The first kappa shape index (κ1) is 25.5. The Labute approximate surface area is 248 Å². The monoisotopic (exact) mass is 564 g/mol. The molecule has 2 aliphatic carbocycles. The number of rotatable bonds is 5. The summed E-state index contributed by atoms with van der Waals surface area (Å²) < 4.78 is 12.3. The van der Waals surface area contributed by atoms with Gasteiger partial charge in [0, 0.05) is 54.8 Å². The number of nitrogens with zero attached hydrogens (tertiary/aromatic N) is 2. The molecule has 0 saturated carbocycles. The van der Waals surface area contributed by atoms with Crippen LogP contribution in [0.1, 0.15) is 88.2 Å². The van der Waals surface area contributed by atoms with Crippen LogP contribution in [0.3, 0.4) is 0 Å². The Hall–Kier alpha value is -2.96. The second-order valence-corrected chi connectivity index (χ2v) is 14.0. The fourth-order valence-electron chi connectivity index (χ4n) is 10.3. The van der Waals surface area contributed by atoms with Gasteiger partial charge in [-0.25, -0.2) is 9.59 Å². The van der Waals surface area contributed by atoms with Crippen molar-refractivity contribution in [1.29, 1.82) is 0 Å². The molecule has 218 valence electrons. The number of ether oxygens (including phenoxy) is 2. The van der Waals surface area contributed by atoms with Gasteiger partial charge in [-0.05, 0) is 73.3 Å². The SMILES string of the molecule is CCCCC1=C[C@@H]2C[C@@]3(OC(=O)C=C13)[C@H]1CCC(c3ccc(C4=C[C@@H]5C[C@@]6(OC(=O)C=C46)[C@H]4CCCCN54)cc3)CN21. The number of carbonyl (C=O) groups excluding carboxylic acids is 2. The van der Waals surface area contributed by atoms with E-state index in [9.17, 15) is 9.59 Å². The number of esters is 2. The summed E-state index contributed by atoms with van der Waals surface area (Å²) in [6, 6.07) is 10.5. The van der Waals surface area contributed by atoms with Crippen LogP contribution in [0.4, 0.5) is 0 Å². The van der Waals surface area contributed by atoms with Gasteiger partial charge < -0.3 is 9.47 Å². The number of benzene rings is 1. The minimum Gasteiger partial charge on any atom is -0.449 e. The summed E-state index contributed by atoms with van der Waals surface area (Å²) in [6.45, 7) is 4.32. The number of carbonyl (C=O) groups is 2. The largest absolute Gasteiger partial charge is 0.449 e. The molecule has 6 heterocycles. The van der Waals surface area contributed by atoms with Gasteiger partial charge in [-0.3, -0.25) is 9.80 Å². The first-order valence-electron chi connectivity index (χ1n) is 16.4. The van der Waals surface area contributed by atoms with E-state index < -0.39 is 11.2 Å². The standard InChI is InChI=1S/C36H40N2O4/c1-2-3-6-24-15-26-19-35(29(24)17-33(39)41-35)32-13-12-25(21-38(26)32)22-8-10-23(11-9-22)28-16-27-20-36(30(28)18-34(40)42-36)31-7-4-5-14-37(27)31/h8-11,15-18,25-27,31-32H,2-7,12-14,19-21H2,1H3/t25?,26-,27-,31-,32-,35+,36+/m1/s1. The molecule has 6 nitrogen and oxygen atoms in total. The Bertz CT molecular complexity index is 1500. The van der Waals surface area contributed by atoms with Gasteiger partial charge in [0.05, 0.1) is 12.1 Å². The summed E-state index contributed by atoms with van der Waals surface area (Å²) in [7, 11) is 0. The van der Waals surface area contributed by atoms with E-state index in [1.165, 1.54) is 40.7 Å². The Balaban J connectivity index is 0.985. The predicted octanol–water partition coefficient (Wildman–Crippen LogP) is 5.60.